The number of hydrogen-bond donors (Lipinski definition) is 3. The molecule has 9 rings (SSSR count). The fraction of sp³-hybridized carbons (Fsp3) is 0.417. The number of anilines is 2. The van der Waals surface area contributed by atoms with Crippen LogP contribution in [0.15, 0.2) is 77.7 Å². The lowest BCUT2D eigenvalue weighted by Crippen LogP contribution is -2.54. The van der Waals surface area contributed by atoms with Crippen LogP contribution in [0, 0.1) is 11.8 Å². The lowest BCUT2D eigenvalue weighted by molar-refractivity contribution is -0.136. The number of carbonyl (C=O) groups is 5. The van der Waals surface area contributed by atoms with Crippen molar-refractivity contribution in [2.75, 3.05) is 50.0 Å². The molecule has 1 saturated carbocycles. The summed E-state index contributed by atoms with van der Waals surface area (Å²) in [7, 11) is 0. The van der Waals surface area contributed by atoms with Crippen LogP contribution in [0.25, 0.3) is 17.1 Å². The number of rotatable bonds is 19. The molecule has 2 saturated heterocycles. The molecule has 3 N–H and O–H groups in total. The highest BCUT2D eigenvalue weighted by Crippen LogP contribution is 2.34. The molecule has 1 aliphatic carbocycles. The van der Waals surface area contributed by atoms with E-state index in [1.165, 1.54) is 30.0 Å². The smallest absolute Gasteiger partial charge is 0.284 e. The van der Waals surface area contributed by atoms with Gasteiger partial charge in [-0.2, -0.15) is 5.10 Å². The lowest BCUT2D eigenvalue weighted by Gasteiger charge is -2.32. The first-order valence-electron chi connectivity index (χ1n) is 22.7. The normalized spacial score (nSPS) is 18.0. The Hall–Kier alpha value is -6.66. The predicted octanol–water partition coefficient (Wildman–Crippen LogP) is 6.63. The molecule has 18 heteroatoms. The fourth-order valence-electron chi connectivity index (χ4n) is 8.83. The molecular formula is C48H51F2N9O7. The number of benzene rings is 2. The zero-order valence-electron chi connectivity index (χ0n) is 36.3. The monoisotopic (exact) mass is 903 g/mol. The number of aryl methyl sites for hydroxylation is 1. The second kappa shape index (κ2) is 19.8. The first-order valence-corrected chi connectivity index (χ1v) is 22.7. The van der Waals surface area contributed by atoms with Crippen molar-refractivity contribution in [3.8, 4) is 17.1 Å². The summed E-state index contributed by atoms with van der Waals surface area (Å²) in [6.07, 6.45) is 9.02. The van der Waals surface area contributed by atoms with Crippen molar-refractivity contribution in [2.45, 2.75) is 76.7 Å². The Kier molecular flexibility index (Phi) is 13.4. The molecule has 6 heterocycles. The first-order chi connectivity index (χ1) is 32.1. The molecule has 0 spiro atoms. The van der Waals surface area contributed by atoms with E-state index in [-0.39, 0.29) is 30.1 Å². The Labute approximate surface area is 379 Å². The van der Waals surface area contributed by atoms with E-state index >= 15 is 0 Å². The van der Waals surface area contributed by atoms with Crippen LogP contribution < -0.4 is 16.0 Å². The van der Waals surface area contributed by atoms with E-state index in [0.717, 1.165) is 74.3 Å². The summed E-state index contributed by atoms with van der Waals surface area (Å²) in [6.45, 7) is 4.72. The van der Waals surface area contributed by atoms with Crippen molar-refractivity contribution in [3.05, 3.63) is 107 Å². The van der Waals surface area contributed by atoms with Crippen molar-refractivity contribution in [1.82, 2.24) is 34.9 Å². The van der Waals surface area contributed by atoms with Crippen molar-refractivity contribution in [2.24, 2.45) is 11.8 Å². The number of pyridine rings is 1. The molecule has 66 heavy (non-hydrogen) atoms. The van der Waals surface area contributed by atoms with Gasteiger partial charge in [-0.25, -0.2) is 23.4 Å². The van der Waals surface area contributed by atoms with E-state index in [0.29, 0.717) is 59.7 Å². The average Bonchev–Trinajstić information content (AvgIpc) is 3.72. The maximum atomic E-state index is 14.1. The average molecular weight is 904 g/mol. The Bertz CT molecular complexity index is 2600. The van der Waals surface area contributed by atoms with Gasteiger partial charge in [0.2, 0.25) is 17.7 Å². The zero-order valence-corrected chi connectivity index (χ0v) is 36.3. The Morgan fingerprint density at radius 2 is 1.76 bits per heavy atom. The summed E-state index contributed by atoms with van der Waals surface area (Å²) in [5.41, 5.74) is 3.04. The van der Waals surface area contributed by atoms with Crippen molar-refractivity contribution in [1.29, 1.82) is 0 Å². The highest BCUT2D eigenvalue weighted by atomic mass is 19.3. The molecule has 2 aromatic carbocycles. The number of fused-ring (bicyclic) bond motifs is 1. The minimum Gasteiger partial charge on any atom is -0.444 e. The minimum atomic E-state index is -2.93. The standard InChI is InChI=1S/C48H51F2N9O7/c49-43(50)42-36(53-44(61)37-28-66-46(54-37)33-15-18-51-39(25-33)52-26-31-7-8-31)27-58(56-42)34-11-9-29(10-12-34)4-1-2-22-65-23-21-57-19-16-30(17-20-57)24-32-5-3-6-35-41(32)48(64)59(47(35)63)38-13-14-40(60)55-45(38)62/h3,5-6,9-12,15,18,25,27-28,30-31,38,43H,1-2,4,7-8,13-14,16-17,19-24,26H2,(H,51,52)(H,53,61)(H,55,60,62). The number of hydrogen-bond acceptors (Lipinski definition) is 12. The van der Waals surface area contributed by atoms with Gasteiger partial charge < -0.3 is 24.7 Å². The van der Waals surface area contributed by atoms with Gasteiger partial charge in [-0.15, -0.1) is 0 Å². The third-order valence-electron chi connectivity index (χ3n) is 12.7. The largest absolute Gasteiger partial charge is 0.444 e. The lowest BCUT2D eigenvalue weighted by atomic mass is 9.87. The fourth-order valence-corrected chi connectivity index (χ4v) is 8.83. The van der Waals surface area contributed by atoms with Crippen LogP contribution >= 0.6 is 0 Å². The van der Waals surface area contributed by atoms with Gasteiger partial charge in [-0.05, 0) is 124 Å². The van der Waals surface area contributed by atoms with Crippen LogP contribution in [-0.2, 0) is 27.2 Å². The second-order valence-electron chi connectivity index (χ2n) is 17.4. The number of carbonyl (C=O) groups excluding carboxylic acids is 5. The van der Waals surface area contributed by atoms with Crippen molar-refractivity contribution < 1.29 is 41.9 Å². The predicted molar refractivity (Wildman–Crippen MR) is 237 cm³/mol. The molecule has 1 atom stereocenters. The molecule has 5 amide bonds. The van der Waals surface area contributed by atoms with Crippen molar-refractivity contribution in [3.63, 3.8) is 0 Å². The maximum Gasteiger partial charge on any atom is 0.284 e. The molecule has 3 fully saturated rings. The summed E-state index contributed by atoms with van der Waals surface area (Å²) in [6, 6.07) is 15.3. The number of halogens is 2. The molecule has 0 bridgehead atoms. The number of oxazole rings is 1. The van der Waals surface area contributed by atoms with Gasteiger partial charge in [-0.3, -0.25) is 34.2 Å². The first kappa shape index (κ1) is 44.5. The summed E-state index contributed by atoms with van der Waals surface area (Å²) in [5.74, 6) is -0.776. The van der Waals surface area contributed by atoms with Gasteiger partial charge >= 0.3 is 0 Å². The molecule has 16 nitrogen and oxygen atoms in total. The molecule has 5 aromatic rings. The molecule has 3 aromatic heterocycles. The van der Waals surface area contributed by atoms with E-state index in [9.17, 15) is 32.8 Å². The highest BCUT2D eigenvalue weighted by Gasteiger charge is 2.45. The number of imide groups is 2. The Morgan fingerprint density at radius 3 is 2.53 bits per heavy atom. The number of amides is 5. The molecule has 344 valence electrons. The molecule has 0 radical (unpaired) electrons. The number of likely N-dealkylation sites (tertiary alicyclic amines) is 1. The third-order valence-corrected chi connectivity index (χ3v) is 12.7. The van der Waals surface area contributed by atoms with Gasteiger partial charge in [0.1, 0.15) is 18.1 Å². The second-order valence-corrected chi connectivity index (χ2v) is 17.4. The summed E-state index contributed by atoms with van der Waals surface area (Å²) in [5, 5.41) is 12.1. The van der Waals surface area contributed by atoms with Crippen LogP contribution in [0.1, 0.15) is 106 Å². The maximum absolute atomic E-state index is 14.1. The van der Waals surface area contributed by atoms with Gasteiger partial charge in [0, 0.05) is 37.9 Å². The van der Waals surface area contributed by atoms with Crippen LogP contribution in [0.3, 0.4) is 0 Å². The van der Waals surface area contributed by atoms with Crippen LogP contribution in [-0.4, -0.2) is 105 Å². The number of nitrogens with zero attached hydrogens (tertiary/aromatic N) is 6. The van der Waals surface area contributed by atoms with Crippen LogP contribution in [0.5, 0.6) is 0 Å². The van der Waals surface area contributed by atoms with Crippen LogP contribution in [0.2, 0.25) is 0 Å². The van der Waals surface area contributed by atoms with E-state index in [1.54, 1.807) is 42.6 Å². The van der Waals surface area contributed by atoms with E-state index in [2.05, 4.69) is 35.9 Å². The van der Waals surface area contributed by atoms with E-state index in [4.69, 9.17) is 9.15 Å². The van der Waals surface area contributed by atoms with Gasteiger partial charge in [0.15, 0.2) is 11.4 Å². The number of unbranched alkanes of at least 4 members (excludes halogenated alkanes) is 1. The Balaban J connectivity index is 0.681. The number of alkyl halides is 2. The summed E-state index contributed by atoms with van der Waals surface area (Å²) < 4.78 is 41.0. The van der Waals surface area contributed by atoms with Gasteiger partial charge in [0.25, 0.3) is 24.1 Å². The summed E-state index contributed by atoms with van der Waals surface area (Å²) >= 11 is 0. The SMILES string of the molecule is O=C1CCC(N2C(=O)c3cccc(CC4CCN(CCOCCCCc5ccc(-n6cc(NC(=O)c7coc(-c8ccnc(NCC9CC9)c8)n7)c(C(F)F)n6)cc5)CC4)c3C2=O)C(=O)N1. The van der Waals surface area contributed by atoms with E-state index in [1.807, 2.05) is 18.2 Å². The number of aromatic nitrogens is 4. The van der Waals surface area contributed by atoms with Gasteiger partial charge in [0.05, 0.1) is 35.3 Å². The number of nitrogens with one attached hydrogen (secondary N) is 3. The zero-order chi connectivity index (χ0) is 45.7. The van der Waals surface area contributed by atoms with Gasteiger partial charge in [-0.1, -0.05) is 24.3 Å². The topological polar surface area (TPSA) is 194 Å². The highest BCUT2D eigenvalue weighted by molar-refractivity contribution is 6.24. The molecule has 3 aliphatic heterocycles. The third kappa shape index (κ3) is 10.2. The number of ether oxygens (including phenoxy) is 1. The molecule has 1 unspecified atom stereocenters. The molecular weight excluding hydrogens is 853 g/mol. The Morgan fingerprint density at radius 1 is 0.939 bits per heavy atom. The minimum absolute atomic E-state index is 0.0665. The molecule has 4 aliphatic rings. The summed E-state index contributed by atoms with van der Waals surface area (Å²) in [4.78, 5) is 76.0. The van der Waals surface area contributed by atoms with E-state index < -0.39 is 47.7 Å². The van der Waals surface area contributed by atoms with Crippen molar-refractivity contribution >= 4 is 41.0 Å². The number of piperidine rings is 2. The van der Waals surface area contributed by atoms with Crippen LogP contribution in [0.4, 0.5) is 20.3 Å². The quantitative estimate of drug-likeness (QED) is 0.0593.